The van der Waals surface area contributed by atoms with Gasteiger partial charge >= 0.3 is 5.97 Å². The van der Waals surface area contributed by atoms with Crippen molar-refractivity contribution < 1.29 is 28.7 Å². The number of esters is 1. The van der Waals surface area contributed by atoms with Gasteiger partial charge in [0.15, 0.2) is 0 Å². The second-order valence-corrected chi connectivity index (χ2v) is 10.9. The lowest BCUT2D eigenvalue weighted by Crippen LogP contribution is -2.40. The molecule has 0 N–H and O–H groups in total. The molecular formula is C30H28N2O6. The summed E-state index contributed by atoms with van der Waals surface area (Å²) in [5, 5.41) is 0. The molecule has 2 saturated carbocycles. The van der Waals surface area contributed by atoms with E-state index in [4.69, 9.17) is 9.47 Å². The lowest BCUT2D eigenvalue weighted by molar-refractivity contribution is -0.139. The van der Waals surface area contributed by atoms with Crippen LogP contribution in [-0.4, -0.2) is 36.8 Å². The standard InChI is InChI=1S/C30H28N2O6/c1-2-37-19-8-6-17(7-9-19)31-15-16(12-25(31)33)30(36)38-20-5-3-4-18(13-20)32-28(34)26-21-10-11-22(24-14-23(21)24)27(26)29(32)35/h3-11,13,16,21-24,26-27H,2,12,14-15H2,1H3/t16-,21-,22-,23-,24-,26+,27+/m1/s1. The lowest BCUT2D eigenvalue weighted by atomic mass is 9.63. The smallest absolute Gasteiger partial charge is 0.316 e. The van der Waals surface area contributed by atoms with E-state index < -0.39 is 11.9 Å². The number of benzene rings is 2. The molecule has 2 aromatic rings. The summed E-state index contributed by atoms with van der Waals surface area (Å²) >= 11 is 0. The summed E-state index contributed by atoms with van der Waals surface area (Å²) in [6.07, 6.45) is 5.45. The Morgan fingerprint density at radius 2 is 1.58 bits per heavy atom. The molecule has 194 valence electrons. The molecule has 4 aliphatic carbocycles. The Balaban J connectivity index is 1.05. The minimum Gasteiger partial charge on any atom is -0.494 e. The molecule has 0 spiro atoms. The van der Waals surface area contributed by atoms with E-state index in [1.807, 2.05) is 6.92 Å². The number of anilines is 2. The maximum absolute atomic E-state index is 13.4. The zero-order valence-electron chi connectivity index (χ0n) is 21.0. The zero-order chi connectivity index (χ0) is 26.1. The van der Waals surface area contributed by atoms with Crippen molar-refractivity contribution in [1.29, 1.82) is 0 Å². The van der Waals surface area contributed by atoms with Crippen molar-refractivity contribution in [2.45, 2.75) is 19.8 Å². The highest BCUT2D eigenvalue weighted by atomic mass is 16.5. The summed E-state index contributed by atoms with van der Waals surface area (Å²) in [5.74, 6) is 0.166. The minimum absolute atomic E-state index is 0.0519. The van der Waals surface area contributed by atoms with Crippen LogP contribution in [0.2, 0.25) is 0 Å². The molecule has 2 bridgehead atoms. The van der Waals surface area contributed by atoms with Crippen LogP contribution in [0.4, 0.5) is 11.4 Å². The third-order valence-corrected chi connectivity index (χ3v) is 8.87. The number of carbonyl (C=O) groups excluding carboxylic acids is 4. The fourth-order valence-corrected chi connectivity index (χ4v) is 7.10. The van der Waals surface area contributed by atoms with Gasteiger partial charge in [-0.25, -0.2) is 4.90 Å². The molecule has 7 atom stereocenters. The Hall–Kier alpha value is -3.94. The monoisotopic (exact) mass is 512 g/mol. The van der Waals surface area contributed by atoms with E-state index >= 15 is 0 Å². The second-order valence-electron chi connectivity index (χ2n) is 10.9. The number of imide groups is 1. The molecule has 6 aliphatic rings. The molecule has 4 fully saturated rings. The SMILES string of the molecule is CCOc1ccc(N2C[C@H](C(=O)Oc3cccc(N4C(=O)[C@H]5[C@@H]6C=C[C@H]([C@H]7C[C@H]67)[C@@H]5C4=O)c3)CC2=O)cc1. The van der Waals surface area contributed by atoms with Gasteiger partial charge in [0.05, 0.1) is 30.0 Å². The molecule has 2 heterocycles. The van der Waals surface area contributed by atoms with Crippen molar-refractivity contribution in [3.8, 4) is 11.5 Å². The largest absolute Gasteiger partial charge is 0.494 e. The Morgan fingerprint density at radius 3 is 2.24 bits per heavy atom. The van der Waals surface area contributed by atoms with Crippen molar-refractivity contribution in [2.75, 3.05) is 23.0 Å². The molecule has 8 heteroatoms. The van der Waals surface area contributed by atoms with E-state index in [2.05, 4.69) is 12.2 Å². The average Bonchev–Trinajstić information content (AvgIpc) is 3.60. The molecule has 0 radical (unpaired) electrons. The number of amides is 3. The van der Waals surface area contributed by atoms with E-state index in [1.54, 1.807) is 53.4 Å². The molecule has 8 rings (SSSR count). The van der Waals surface area contributed by atoms with E-state index in [1.165, 1.54) is 4.90 Å². The number of allylic oxidation sites excluding steroid dienone is 2. The number of ether oxygens (including phenoxy) is 2. The fourth-order valence-electron chi connectivity index (χ4n) is 7.10. The second kappa shape index (κ2) is 8.55. The normalized spacial score (nSPS) is 32.4. The van der Waals surface area contributed by atoms with Crippen LogP contribution in [0.3, 0.4) is 0 Å². The summed E-state index contributed by atoms with van der Waals surface area (Å²) in [6, 6.07) is 13.8. The molecule has 2 saturated heterocycles. The fraction of sp³-hybridized carbons (Fsp3) is 0.400. The van der Waals surface area contributed by atoms with Gasteiger partial charge in [-0.2, -0.15) is 0 Å². The molecule has 0 unspecified atom stereocenters. The highest BCUT2D eigenvalue weighted by molar-refractivity contribution is 6.22. The Bertz CT molecular complexity index is 1350. The third-order valence-electron chi connectivity index (χ3n) is 8.87. The van der Waals surface area contributed by atoms with E-state index in [0.717, 1.165) is 6.42 Å². The van der Waals surface area contributed by atoms with Crippen LogP contribution < -0.4 is 19.3 Å². The van der Waals surface area contributed by atoms with Crippen LogP contribution in [0.15, 0.2) is 60.7 Å². The maximum atomic E-state index is 13.4. The molecule has 8 nitrogen and oxygen atoms in total. The molecule has 0 aromatic heterocycles. The van der Waals surface area contributed by atoms with E-state index in [-0.39, 0.29) is 60.1 Å². The molecule has 3 amide bonds. The Labute approximate surface area is 220 Å². The first-order valence-electron chi connectivity index (χ1n) is 13.4. The van der Waals surface area contributed by atoms with E-state index in [0.29, 0.717) is 35.6 Å². The average molecular weight is 513 g/mol. The van der Waals surface area contributed by atoms with Gasteiger partial charge in [-0.15, -0.1) is 0 Å². The summed E-state index contributed by atoms with van der Waals surface area (Å²) < 4.78 is 11.1. The lowest BCUT2D eigenvalue weighted by Gasteiger charge is -2.37. The van der Waals surface area contributed by atoms with Gasteiger partial charge in [-0.3, -0.25) is 19.2 Å². The number of rotatable bonds is 6. The van der Waals surface area contributed by atoms with Gasteiger partial charge in [0.25, 0.3) is 0 Å². The summed E-state index contributed by atoms with van der Waals surface area (Å²) in [5.41, 5.74) is 1.12. The van der Waals surface area contributed by atoms with Crippen LogP contribution >= 0.6 is 0 Å². The predicted octanol–water partition coefficient (Wildman–Crippen LogP) is 3.60. The van der Waals surface area contributed by atoms with Gasteiger partial charge in [0.1, 0.15) is 11.5 Å². The maximum Gasteiger partial charge on any atom is 0.316 e. The van der Waals surface area contributed by atoms with Crippen molar-refractivity contribution in [3.63, 3.8) is 0 Å². The zero-order valence-corrected chi connectivity index (χ0v) is 21.0. The van der Waals surface area contributed by atoms with E-state index in [9.17, 15) is 19.2 Å². The van der Waals surface area contributed by atoms with Crippen molar-refractivity contribution >= 4 is 35.1 Å². The Kier molecular flexibility index (Phi) is 5.22. The molecular weight excluding hydrogens is 484 g/mol. The summed E-state index contributed by atoms with van der Waals surface area (Å²) in [4.78, 5) is 55.4. The van der Waals surface area contributed by atoms with Crippen molar-refractivity contribution in [3.05, 3.63) is 60.7 Å². The number of hydrogen-bond donors (Lipinski definition) is 0. The van der Waals surface area contributed by atoms with Crippen molar-refractivity contribution in [2.24, 2.45) is 41.4 Å². The van der Waals surface area contributed by atoms with Gasteiger partial charge < -0.3 is 14.4 Å². The van der Waals surface area contributed by atoms with Crippen molar-refractivity contribution in [1.82, 2.24) is 0 Å². The van der Waals surface area contributed by atoms with Gasteiger partial charge in [0.2, 0.25) is 17.7 Å². The summed E-state index contributed by atoms with van der Waals surface area (Å²) in [6.45, 7) is 2.67. The first-order valence-corrected chi connectivity index (χ1v) is 13.4. The first-order chi connectivity index (χ1) is 18.4. The van der Waals surface area contributed by atoms with Crippen LogP contribution in [-0.2, 0) is 19.2 Å². The first kappa shape index (κ1) is 23.2. The van der Waals surface area contributed by atoms with Crippen LogP contribution in [0.1, 0.15) is 19.8 Å². The topological polar surface area (TPSA) is 93.2 Å². The molecule has 2 aliphatic heterocycles. The number of carbonyl (C=O) groups is 4. The van der Waals surface area contributed by atoms with Crippen LogP contribution in [0, 0.1) is 41.4 Å². The quantitative estimate of drug-likeness (QED) is 0.254. The van der Waals surface area contributed by atoms with Gasteiger partial charge in [-0.05, 0) is 73.4 Å². The number of hydrogen-bond acceptors (Lipinski definition) is 6. The van der Waals surface area contributed by atoms with Gasteiger partial charge in [-0.1, -0.05) is 18.2 Å². The Morgan fingerprint density at radius 1 is 0.895 bits per heavy atom. The molecule has 38 heavy (non-hydrogen) atoms. The minimum atomic E-state index is -0.621. The highest BCUT2D eigenvalue weighted by Gasteiger charge is 2.67. The highest BCUT2D eigenvalue weighted by Crippen LogP contribution is 2.65. The van der Waals surface area contributed by atoms with Crippen LogP contribution in [0.25, 0.3) is 0 Å². The molecule has 2 aromatic carbocycles. The summed E-state index contributed by atoms with van der Waals surface area (Å²) in [7, 11) is 0. The number of nitrogens with zero attached hydrogens (tertiary/aromatic N) is 2. The van der Waals surface area contributed by atoms with Crippen LogP contribution in [0.5, 0.6) is 11.5 Å². The van der Waals surface area contributed by atoms with Gasteiger partial charge in [0, 0.05) is 24.7 Å². The predicted molar refractivity (Wildman–Crippen MR) is 137 cm³/mol. The third kappa shape index (κ3) is 3.50.